The van der Waals surface area contributed by atoms with Gasteiger partial charge in [0.05, 0.1) is 5.69 Å². The van der Waals surface area contributed by atoms with Gasteiger partial charge >= 0.3 is 0 Å². The van der Waals surface area contributed by atoms with Crippen molar-refractivity contribution < 1.29 is 17.2 Å². The molecule has 3 rings (SSSR count). The van der Waals surface area contributed by atoms with Crippen LogP contribution in [0, 0.1) is 25.5 Å². The molecule has 23 heavy (non-hydrogen) atoms. The van der Waals surface area contributed by atoms with E-state index in [1.165, 1.54) is 21.9 Å². The Balaban J connectivity index is 1.93. The van der Waals surface area contributed by atoms with Gasteiger partial charge in [0.25, 0.3) is 10.0 Å². The van der Waals surface area contributed by atoms with E-state index in [0.717, 1.165) is 6.07 Å². The van der Waals surface area contributed by atoms with Crippen molar-refractivity contribution in [1.29, 1.82) is 0 Å². The molecular formula is C13H12F2N4O2S2. The Labute approximate surface area is 134 Å². The Morgan fingerprint density at radius 3 is 2.74 bits per heavy atom. The Bertz CT molecular complexity index is 995. The number of hydrogen-bond donors (Lipinski definition) is 1. The summed E-state index contributed by atoms with van der Waals surface area (Å²) >= 11 is 1.27. The van der Waals surface area contributed by atoms with E-state index in [9.17, 15) is 17.2 Å². The maximum Gasteiger partial charge on any atom is 0.260 e. The first-order valence-electron chi connectivity index (χ1n) is 6.54. The summed E-state index contributed by atoms with van der Waals surface area (Å²) < 4.78 is 55.0. The molecule has 0 saturated carbocycles. The average molecular weight is 358 g/mol. The summed E-state index contributed by atoms with van der Waals surface area (Å²) in [6.07, 6.45) is 0. The summed E-state index contributed by atoms with van der Waals surface area (Å²) in [4.78, 5) is 4.63. The van der Waals surface area contributed by atoms with Crippen molar-refractivity contribution in [3.63, 3.8) is 0 Å². The number of fused-ring (bicyclic) bond motifs is 1. The van der Waals surface area contributed by atoms with Crippen molar-refractivity contribution in [3.8, 4) is 0 Å². The smallest absolute Gasteiger partial charge is 0.221 e. The SMILES string of the molecule is Cc1nn2c(S(=O)(=O)NCc3ccc(F)cc3F)c(C)nc2s1. The minimum Gasteiger partial charge on any atom is -0.221 e. The molecular weight excluding hydrogens is 346 g/mol. The first-order valence-corrected chi connectivity index (χ1v) is 8.84. The van der Waals surface area contributed by atoms with Crippen molar-refractivity contribution in [2.24, 2.45) is 0 Å². The third kappa shape index (κ3) is 2.96. The van der Waals surface area contributed by atoms with Crippen molar-refractivity contribution >= 4 is 26.3 Å². The van der Waals surface area contributed by atoms with Crippen molar-refractivity contribution in [2.45, 2.75) is 25.4 Å². The minimum atomic E-state index is -3.95. The van der Waals surface area contributed by atoms with Crippen LogP contribution in [-0.2, 0) is 16.6 Å². The van der Waals surface area contributed by atoms with Crippen LogP contribution in [-0.4, -0.2) is 23.0 Å². The number of nitrogens with zero attached hydrogens (tertiary/aromatic N) is 3. The fourth-order valence-electron chi connectivity index (χ4n) is 2.14. The van der Waals surface area contributed by atoms with Gasteiger partial charge in [0.15, 0.2) is 5.03 Å². The molecule has 0 saturated heterocycles. The molecule has 0 amide bonds. The predicted molar refractivity (Wildman–Crippen MR) is 80.7 cm³/mol. The molecule has 0 unspecified atom stereocenters. The molecule has 2 heterocycles. The van der Waals surface area contributed by atoms with E-state index in [-0.39, 0.29) is 17.1 Å². The molecule has 0 fully saturated rings. The molecule has 10 heteroatoms. The van der Waals surface area contributed by atoms with Gasteiger partial charge in [-0.25, -0.2) is 26.9 Å². The molecule has 0 spiro atoms. The van der Waals surface area contributed by atoms with Crippen LogP contribution >= 0.6 is 11.3 Å². The lowest BCUT2D eigenvalue weighted by Gasteiger charge is -2.07. The van der Waals surface area contributed by atoms with Crippen LogP contribution in [0.25, 0.3) is 4.96 Å². The lowest BCUT2D eigenvalue weighted by atomic mass is 10.2. The third-order valence-electron chi connectivity index (χ3n) is 3.15. The highest BCUT2D eigenvalue weighted by atomic mass is 32.2. The van der Waals surface area contributed by atoms with Gasteiger partial charge in [-0.15, -0.1) is 0 Å². The van der Waals surface area contributed by atoms with Crippen LogP contribution < -0.4 is 4.72 Å². The molecule has 3 aromatic rings. The van der Waals surface area contributed by atoms with Gasteiger partial charge in [0, 0.05) is 18.2 Å². The van der Waals surface area contributed by atoms with Crippen LogP contribution in [0.4, 0.5) is 8.78 Å². The normalized spacial score (nSPS) is 12.2. The number of imidazole rings is 1. The van der Waals surface area contributed by atoms with E-state index < -0.39 is 21.7 Å². The summed E-state index contributed by atoms with van der Waals surface area (Å²) in [5.41, 5.74) is 0.346. The van der Waals surface area contributed by atoms with E-state index in [2.05, 4.69) is 14.8 Å². The second kappa shape index (κ2) is 5.62. The van der Waals surface area contributed by atoms with Gasteiger partial charge in [-0.2, -0.15) is 9.61 Å². The molecule has 0 aliphatic rings. The van der Waals surface area contributed by atoms with Gasteiger partial charge in [-0.1, -0.05) is 17.4 Å². The standard InChI is InChI=1S/C13H12F2N4O2S2/c1-7-12(19-13(17-7)22-8(2)18-19)23(20,21)16-6-9-3-4-10(14)5-11(9)15/h3-5,16H,6H2,1-2H3. The number of aromatic nitrogens is 3. The Hall–Kier alpha value is -1.91. The fraction of sp³-hybridized carbons (Fsp3) is 0.231. The molecule has 122 valence electrons. The van der Waals surface area contributed by atoms with Gasteiger partial charge in [0.2, 0.25) is 4.96 Å². The highest BCUT2D eigenvalue weighted by Gasteiger charge is 2.25. The number of rotatable bonds is 4. The Morgan fingerprint density at radius 1 is 1.30 bits per heavy atom. The van der Waals surface area contributed by atoms with E-state index in [0.29, 0.717) is 21.7 Å². The Morgan fingerprint density at radius 2 is 2.04 bits per heavy atom. The third-order valence-corrected chi connectivity index (χ3v) is 5.47. The molecule has 6 nitrogen and oxygen atoms in total. The van der Waals surface area contributed by atoms with Crippen molar-refractivity contribution in [2.75, 3.05) is 0 Å². The number of halogens is 2. The summed E-state index contributed by atoms with van der Waals surface area (Å²) in [7, 11) is -3.95. The minimum absolute atomic E-state index is 0.0443. The molecule has 0 atom stereocenters. The number of benzene rings is 1. The molecule has 0 aliphatic heterocycles. The lowest BCUT2D eigenvalue weighted by molar-refractivity contribution is 0.559. The average Bonchev–Trinajstić information content (AvgIpc) is 2.91. The highest BCUT2D eigenvalue weighted by Crippen LogP contribution is 2.22. The zero-order chi connectivity index (χ0) is 16.8. The Kier molecular flexibility index (Phi) is 3.90. The van der Waals surface area contributed by atoms with Crippen LogP contribution in [0.1, 0.15) is 16.3 Å². The zero-order valence-corrected chi connectivity index (χ0v) is 13.8. The summed E-state index contributed by atoms with van der Waals surface area (Å²) in [5.74, 6) is -1.53. The maximum atomic E-state index is 13.6. The van der Waals surface area contributed by atoms with Crippen molar-refractivity contribution in [3.05, 3.63) is 46.1 Å². The first kappa shape index (κ1) is 16.0. The lowest BCUT2D eigenvalue weighted by Crippen LogP contribution is -2.26. The molecule has 1 aromatic carbocycles. The topological polar surface area (TPSA) is 76.4 Å². The van der Waals surface area contributed by atoms with E-state index in [1.807, 2.05) is 0 Å². The number of aryl methyl sites for hydroxylation is 2. The number of nitrogens with one attached hydrogen (secondary N) is 1. The zero-order valence-electron chi connectivity index (χ0n) is 12.2. The summed E-state index contributed by atoms with van der Waals surface area (Å²) in [5, 5.41) is 4.70. The van der Waals surface area contributed by atoms with Crippen LogP contribution in [0.2, 0.25) is 0 Å². The highest BCUT2D eigenvalue weighted by molar-refractivity contribution is 7.89. The van der Waals surface area contributed by atoms with Crippen LogP contribution in [0.15, 0.2) is 23.2 Å². The van der Waals surface area contributed by atoms with E-state index in [4.69, 9.17) is 0 Å². The first-order chi connectivity index (χ1) is 10.8. The largest absolute Gasteiger partial charge is 0.260 e. The maximum absolute atomic E-state index is 13.6. The van der Waals surface area contributed by atoms with Crippen molar-refractivity contribution in [1.82, 2.24) is 19.3 Å². The number of sulfonamides is 1. The predicted octanol–water partition coefficient (Wildman–Crippen LogP) is 2.16. The second-order valence-electron chi connectivity index (χ2n) is 4.88. The molecule has 0 bridgehead atoms. The van der Waals surface area contributed by atoms with E-state index >= 15 is 0 Å². The van der Waals surface area contributed by atoms with Crippen LogP contribution in [0.5, 0.6) is 0 Å². The van der Waals surface area contributed by atoms with Crippen LogP contribution in [0.3, 0.4) is 0 Å². The molecule has 0 radical (unpaired) electrons. The quantitative estimate of drug-likeness (QED) is 0.775. The molecule has 2 aromatic heterocycles. The number of hydrogen-bond acceptors (Lipinski definition) is 5. The van der Waals surface area contributed by atoms with Gasteiger partial charge in [-0.05, 0) is 19.9 Å². The van der Waals surface area contributed by atoms with E-state index in [1.54, 1.807) is 13.8 Å². The monoisotopic (exact) mass is 358 g/mol. The molecule has 1 N–H and O–H groups in total. The fourth-order valence-corrected chi connectivity index (χ4v) is 4.26. The second-order valence-corrected chi connectivity index (χ2v) is 7.72. The molecule has 0 aliphatic carbocycles. The van der Waals surface area contributed by atoms with Gasteiger partial charge in [0.1, 0.15) is 16.6 Å². The summed E-state index contributed by atoms with van der Waals surface area (Å²) in [6.45, 7) is 3.00. The van der Waals surface area contributed by atoms with Gasteiger partial charge in [-0.3, -0.25) is 0 Å². The summed E-state index contributed by atoms with van der Waals surface area (Å²) in [6, 6.07) is 2.97. The van der Waals surface area contributed by atoms with Gasteiger partial charge < -0.3 is 0 Å².